The number of rotatable bonds is 4. The summed E-state index contributed by atoms with van der Waals surface area (Å²) < 4.78 is 5.33. The normalized spacial score (nSPS) is 11.4. The van der Waals surface area contributed by atoms with E-state index in [9.17, 15) is 5.11 Å². The Morgan fingerprint density at radius 2 is 1.93 bits per heavy atom. The van der Waals surface area contributed by atoms with Gasteiger partial charge in [-0.2, -0.15) is 0 Å². The van der Waals surface area contributed by atoms with E-state index in [0.29, 0.717) is 12.2 Å². The van der Waals surface area contributed by atoms with Crippen molar-refractivity contribution in [3.8, 4) is 5.75 Å². The SMILES string of the molecule is CC(C)(O)Oc1ccccc1CCO. The minimum atomic E-state index is -1.19. The number of para-hydroxylation sites is 1. The van der Waals surface area contributed by atoms with Crippen molar-refractivity contribution in [3.63, 3.8) is 0 Å². The van der Waals surface area contributed by atoms with E-state index in [-0.39, 0.29) is 6.61 Å². The summed E-state index contributed by atoms with van der Waals surface area (Å²) >= 11 is 0. The van der Waals surface area contributed by atoms with Crippen LogP contribution in [0.2, 0.25) is 0 Å². The largest absolute Gasteiger partial charge is 0.463 e. The Balaban J connectivity index is 2.84. The predicted octanol–water partition coefficient (Wildman–Crippen LogP) is 1.33. The fraction of sp³-hybridized carbons (Fsp3) is 0.455. The molecule has 2 N–H and O–H groups in total. The van der Waals surface area contributed by atoms with Gasteiger partial charge < -0.3 is 14.9 Å². The monoisotopic (exact) mass is 196 g/mol. The molecule has 0 saturated heterocycles. The molecule has 0 heterocycles. The lowest BCUT2D eigenvalue weighted by Gasteiger charge is -2.21. The standard InChI is InChI=1S/C11H16O3/c1-11(2,13)14-10-6-4-3-5-9(10)7-8-12/h3-6,12-13H,7-8H2,1-2H3. The molecule has 1 aromatic rings. The number of hydrogen-bond acceptors (Lipinski definition) is 3. The van der Waals surface area contributed by atoms with E-state index in [1.54, 1.807) is 19.9 Å². The Labute approximate surface area is 84.0 Å². The number of ether oxygens (including phenoxy) is 1. The molecule has 0 amide bonds. The Morgan fingerprint density at radius 1 is 1.29 bits per heavy atom. The summed E-state index contributed by atoms with van der Waals surface area (Å²) in [5.41, 5.74) is 0.900. The molecule has 78 valence electrons. The average molecular weight is 196 g/mol. The fourth-order valence-electron chi connectivity index (χ4n) is 1.20. The van der Waals surface area contributed by atoms with Crippen LogP contribution in [0.5, 0.6) is 5.75 Å². The van der Waals surface area contributed by atoms with Gasteiger partial charge in [-0.05, 0) is 18.1 Å². The molecule has 0 spiro atoms. The quantitative estimate of drug-likeness (QED) is 0.714. The average Bonchev–Trinajstić information content (AvgIpc) is 2.06. The number of aliphatic hydroxyl groups is 2. The van der Waals surface area contributed by atoms with Gasteiger partial charge in [-0.3, -0.25) is 0 Å². The lowest BCUT2D eigenvalue weighted by atomic mass is 10.1. The first-order valence-corrected chi connectivity index (χ1v) is 4.63. The second kappa shape index (κ2) is 4.44. The summed E-state index contributed by atoms with van der Waals surface area (Å²) in [7, 11) is 0. The zero-order chi connectivity index (χ0) is 10.6. The lowest BCUT2D eigenvalue weighted by Crippen LogP contribution is -2.27. The summed E-state index contributed by atoms with van der Waals surface area (Å²) in [5, 5.41) is 18.3. The summed E-state index contributed by atoms with van der Waals surface area (Å²) in [6.07, 6.45) is 0.534. The zero-order valence-electron chi connectivity index (χ0n) is 8.53. The van der Waals surface area contributed by atoms with Crippen molar-refractivity contribution >= 4 is 0 Å². The van der Waals surface area contributed by atoms with Gasteiger partial charge in [0.1, 0.15) is 5.75 Å². The lowest BCUT2D eigenvalue weighted by molar-refractivity contribution is -0.105. The number of benzene rings is 1. The van der Waals surface area contributed by atoms with Crippen molar-refractivity contribution in [2.45, 2.75) is 26.1 Å². The molecule has 0 unspecified atom stereocenters. The molecule has 0 radical (unpaired) electrons. The maximum Gasteiger partial charge on any atom is 0.202 e. The third-order valence-corrected chi connectivity index (χ3v) is 1.71. The van der Waals surface area contributed by atoms with Crippen LogP contribution in [0.4, 0.5) is 0 Å². The van der Waals surface area contributed by atoms with Crippen molar-refractivity contribution in [3.05, 3.63) is 29.8 Å². The van der Waals surface area contributed by atoms with Gasteiger partial charge in [0.15, 0.2) is 0 Å². The highest BCUT2D eigenvalue weighted by Gasteiger charge is 2.15. The Morgan fingerprint density at radius 3 is 2.50 bits per heavy atom. The van der Waals surface area contributed by atoms with E-state index >= 15 is 0 Å². The van der Waals surface area contributed by atoms with Crippen molar-refractivity contribution in [2.75, 3.05) is 6.61 Å². The molecular formula is C11H16O3. The summed E-state index contributed by atoms with van der Waals surface area (Å²) in [6, 6.07) is 7.37. The van der Waals surface area contributed by atoms with E-state index in [2.05, 4.69) is 0 Å². The molecule has 0 aromatic heterocycles. The molecule has 0 aliphatic rings. The van der Waals surface area contributed by atoms with Crippen LogP contribution in [0.15, 0.2) is 24.3 Å². The molecule has 3 nitrogen and oxygen atoms in total. The fourth-order valence-corrected chi connectivity index (χ4v) is 1.20. The summed E-state index contributed by atoms with van der Waals surface area (Å²) in [5.74, 6) is -0.569. The maximum absolute atomic E-state index is 9.48. The smallest absolute Gasteiger partial charge is 0.202 e. The van der Waals surface area contributed by atoms with Gasteiger partial charge in [0, 0.05) is 20.5 Å². The molecule has 0 fully saturated rings. The molecule has 0 atom stereocenters. The van der Waals surface area contributed by atoms with E-state index in [1.807, 2.05) is 18.2 Å². The first-order chi connectivity index (χ1) is 6.53. The first kappa shape index (κ1) is 11.0. The molecule has 0 bridgehead atoms. The van der Waals surface area contributed by atoms with Gasteiger partial charge in [-0.15, -0.1) is 0 Å². The van der Waals surface area contributed by atoms with Crippen molar-refractivity contribution in [2.24, 2.45) is 0 Å². The number of aliphatic hydroxyl groups excluding tert-OH is 1. The molecule has 0 aliphatic carbocycles. The van der Waals surface area contributed by atoms with Gasteiger partial charge in [-0.1, -0.05) is 18.2 Å². The van der Waals surface area contributed by atoms with Crippen LogP contribution in [0, 0.1) is 0 Å². The highest BCUT2D eigenvalue weighted by atomic mass is 16.6. The molecular weight excluding hydrogens is 180 g/mol. The second-order valence-electron chi connectivity index (χ2n) is 3.63. The topological polar surface area (TPSA) is 49.7 Å². The van der Waals surface area contributed by atoms with E-state index < -0.39 is 5.79 Å². The predicted molar refractivity (Wildman–Crippen MR) is 54.2 cm³/mol. The zero-order valence-corrected chi connectivity index (χ0v) is 8.53. The summed E-state index contributed by atoms with van der Waals surface area (Å²) in [6.45, 7) is 3.22. The molecule has 3 heteroatoms. The van der Waals surface area contributed by atoms with Crippen LogP contribution in [0.25, 0.3) is 0 Å². The van der Waals surface area contributed by atoms with Crippen molar-refractivity contribution < 1.29 is 14.9 Å². The molecule has 1 aromatic carbocycles. The van der Waals surface area contributed by atoms with Crippen molar-refractivity contribution in [1.82, 2.24) is 0 Å². The van der Waals surface area contributed by atoms with Gasteiger partial charge in [0.25, 0.3) is 0 Å². The Kier molecular flexibility index (Phi) is 3.49. The minimum Gasteiger partial charge on any atom is -0.463 e. The third-order valence-electron chi connectivity index (χ3n) is 1.71. The van der Waals surface area contributed by atoms with Crippen LogP contribution in [-0.2, 0) is 6.42 Å². The van der Waals surface area contributed by atoms with Crippen LogP contribution < -0.4 is 4.74 Å². The van der Waals surface area contributed by atoms with Gasteiger partial charge in [-0.25, -0.2) is 0 Å². The van der Waals surface area contributed by atoms with Crippen molar-refractivity contribution in [1.29, 1.82) is 0 Å². The van der Waals surface area contributed by atoms with E-state index in [0.717, 1.165) is 5.56 Å². The van der Waals surface area contributed by atoms with E-state index in [1.165, 1.54) is 0 Å². The maximum atomic E-state index is 9.48. The number of hydrogen-bond donors (Lipinski definition) is 2. The molecule has 0 aliphatic heterocycles. The van der Waals surface area contributed by atoms with Crippen LogP contribution in [0.3, 0.4) is 0 Å². The molecule has 1 rings (SSSR count). The highest BCUT2D eigenvalue weighted by molar-refractivity contribution is 5.33. The van der Waals surface area contributed by atoms with E-state index in [4.69, 9.17) is 9.84 Å². The van der Waals surface area contributed by atoms with Gasteiger partial charge in [0.2, 0.25) is 5.79 Å². The Bertz CT molecular complexity index is 289. The molecule has 0 saturated carbocycles. The Hall–Kier alpha value is -1.06. The van der Waals surface area contributed by atoms with Crippen LogP contribution in [-0.4, -0.2) is 22.6 Å². The summed E-state index contributed by atoms with van der Waals surface area (Å²) in [4.78, 5) is 0. The van der Waals surface area contributed by atoms with Crippen LogP contribution in [0.1, 0.15) is 19.4 Å². The third kappa shape index (κ3) is 3.36. The van der Waals surface area contributed by atoms with Crippen LogP contribution >= 0.6 is 0 Å². The molecule has 14 heavy (non-hydrogen) atoms. The minimum absolute atomic E-state index is 0.0756. The highest BCUT2D eigenvalue weighted by Crippen LogP contribution is 2.22. The van der Waals surface area contributed by atoms with Gasteiger partial charge in [0.05, 0.1) is 0 Å². The second-order valence-corrected chi connectivity index (χ2v) is 3.63. The van der Waals surface area contributed by atoms with Gasteiger partial charge >= 0.3 is 0 Å². The first-order valence-electron chi connectivity index (χ1n) is 4.63.